The number of thioether (sulfide) groups is 1. The second kappa shape index (κ2) is 10.0. The molecule has 1 N–H and O–H groups in total. The van der Waals surface area contributed by atoms with E-state index in [0.29, 0.717) is 5.75 Å². The predicted molar refractivity (Wildman–Crippen MR) is 136 cm³/mol. The zero-order valence-electron chi connectivity index (χ0n) is 19.2. The first kappa shape index (κ1) is 22.7. The van der Waals surface area contributed by atoms with Crippen LogP contribution >= 0.6 is 11.8 Å². The SMILES string of the molecule is CCc1ccc(NC(=O)CSC2=NC3(CCN(CC)CC3)N=C2c2ccc(C)cc2)cc1. The topological polar surface area (TPSA) is 57.1 Å². The van der Waals surface area contributed by atoms with Crippen LogP contribution in [0.1, 0.15) is 43.4 Å². The van der Waals surface area contributed by atoms with Crippen molar-refractivity contribution in [3.63, 3.8) is 0 Å². The Hall–Kier alpha value is -2.44. The Morgan fingerprint density at radius 2 is 1.72 bits per heavy atom. The predicted octanol–water partition coefficient (Wildman–Crippen LogP) is 4.94. The maximum atomic E-state index is 12.6. The van der Waals surface area contributed by atoms with Gasteiger partial charge in [-0.2, -0.15) is 0 Å². The number of nitrogens with one attached hydrogen (secondary N) is 1. The molecule has 2 heterocycles. The molecule has 1 amide bonds. The molecule has 2 aliphatic rings. The fourth-order valence-electron chi connectivity index (χ4n) is 4.13. The van der Waals surface area contributed by atoms with Crippen LogP contribution in [-0.4, -0.2) is 52.6 Å². The Morgan fingerprint density at radius 1 is 1.03 bits per heavy atom. The van der Waals surface area contributed by atoms with Crippen molar-refractivity contribution in [1.82, 2.24) is 4.90 Å². The maximum absolute atomic E-state index is 12.6. The molecule has 0 unspecified atom stereocenters. The number of likely N-dealkylation sites (tertiary alicyclic amines) is 1. The van der Waals surface area contributed by atoms with Crippen molar-refractivity contribution in [2.75, 3.05) is 30.7 Å². The normalized spacial score (nSPS) is 17.8. The minimum atomic E-state index is -0.374. The largest absolute Gasteiger partial charge is 0.325 e. The molecule has 2 aromatic rings. The van der Waals surface area contributed by atoms with Crippen molar-refractivity contribution in [2.24, 2.45) is 9.98 Å². The zero-order valence-corrected chi connectivity index (χ0v) is 20.0. The third kappa shape index (κ3) is 5.30. The fraction of sp³-hybridized carbons (Fsp3) is 0.423. The van der Waals surface area contributed by atoms with Crippen molar-refractivity contribution in [2.45, 2.75) is 45.7 Å². The molecule has 0 bridgehead atoms. The number of benzene rings is 2. The van der Waals surface area contributed by atoms with Crippen LogP contribution in [0.4, 0.5) is 5.69 Å². The van der Waals surface area contributed by atoms with Crippen LogP contribution in [0.2, 0.25) is 0 Å². The Morgan fingerprint density at radius 3 is 2.34 bits per heavy atom. The Balaban J connectivity index is 1.48. The van der Waals surface area contributed by atoms with Crippen LogP contribution in [0.25, 0.3) is 0 Å². The standard InChI is InChI=1S/C26H32N4OS/c1-4-20-8-12-22(13-9-20)27-23(31)18-32-25-24(21-10-6-19(3)7-11-21)28-26(29-25)14-16-30(5-2)17-15-26/h6-13H,4-5,14-18H2,1-3H3,(H,27,31). The summed E-state index contributed by atoms with van der Waals surface area (Å²) in [5, 5.41) is 3.89. The molecule has 1 spiro atoms. The van der Waals surface area contributed by atoms with E-state index in [2.05, 4.69) is 67.4 Å². The van der Waals surface area contributed by atoms with E-state index in [4.69, 9.17) is 9.98 Å². The molecular weight excluding hydrogens is 416 g/mol. The van der Waals surface area contributed by atoms with E-state index in [1.54, 1.807) is 0 Å². The maximum Gasteiger partial charge on any atom is 0.234 e. The van der Waals surface area contributed by atoms with Crippen LogP contribution in [0.5, 0.6) is 0 Å². The molecule has 0 radical (unpaired) electrons. The number of aryl methyl sites for hydroxylation is 2. The van der Waals surface area contributed by atoms with E-state index in [0.717, 1.165) is 60.9 Å². The number of anilines is 1. The lowest BCUT2D eigenvalue weighted by atomic mass is 9.98. The van der Waals surface area contributed by atoms with E-state index < -0.39 is 0 Å². The highest BCUT2D eigenvalue weighted by molar-refractivity contribution is 8.16. The van der Waals surface area contributed by atoms with Gasteiger partial charge in [0.2, 0.25) is 5.91 Å². The number of hydrogen-bond donors (Lipinski definition) is 1. The van der Waals surface area contributed by atoms with Gasteiger partial charge >= 0.3 is 0 Å². The van der Waals surface area contributed by atoms with Crippen molar-refractivity contribution in [3.8, 4) is 0 Å². The summed E-state index contributed by atoms with van der Waals surface area (Å²) in [7, 11) is 0. The van der Waals surface area contributed by atoms with Crippen LogP contribution < -0.4 is 5.32 Å². The van der Waals surface area contributed by atoms with Crippen molar-refractivity contribution >= 4 is 34.1 Å². The molecule has 4 rings (SSSR count). The summed E-state index contributed by atoms with van der Waals surface area (Å²) in [5.74, 6) is 0.295. The summed E-state index contributed by atoms with van der Waals surface area (Å²) in [4.78, 5) is 25.3. The van der Waals surface area contributed by atoms with Gasteiger partial charge in [0, 0.05) is 37.2 Å². The van der Waals surface area contributed by atoms with Crippen molar-refractivity contribution in [3.05, 3.63) is 65.2 Å². The van der Waals surface area contributed by atoms with Crippen LogP contribution in [0, 0.1) is 6.92 Å². The van der Waals surface area contributed by atoms with E-state index in [9.17, 15) is 4.79 Å². The fourth-order valence-corrected chi connectivity index (χ4v) is 5.00. The van der Waals surface area contributed by atoms with Crippen LogP contribution in [-0.2, 0) is 11.2 Å². The highest BCUT2D eigenvalue weighted by Crippen LogP contribution is 2.35. The van der Waals surface area contributed by atoms with E-state index in [1.165, 1.54) is 22.9 Å². The summed E-state index contributed by atoms with van der Waals surface area (Å²) in [5.41, 5.74) is 4.94. The Kier molecular flexibility index (Phi) is 7.11. The quantitative estimate of drug-likeness (QED) is 0.681. The molecule has 168 valence electrons. The number of aliphatic imine (C=N–C) groups is 2. The van der Waals surface area contributed by atoms with E-state index >= 15 is 0 Å². The molecule has 1 saturated heterocycles. The van der Waals surface area contributed by atoms with Gasteiger partial charge in [-0.1, -0.05) is 67.6 Å². The average Bonchev–Trinajstić information content (AvgIpc) is 3.17. The molecule has 0 aliphatic carbocycles. The number of nitrogens with zero attached hydrogens (tertiary/aromatic N) is 3. The number of hydrogen-bond acceptors (Lipinski definition) is 5. The van der Waals surface area contributed by atoms with Gasteiger partial charge in [0.05, 0.1) is 11.5 Å². The molecular formula is C26H32N4OS. The second-order valence-electron chi connectivity index (χ2n) is 8.55. The minimum Gasteiger partial charge on any atom is -0.325 e. The highest BCUT2D eigenvalue weighted by Gasteiger charge is 2.39. The summed E-state index contributed by atoms with van der Waals surface area (Å²) >= 11 is 1.49. The second-order valence-corrected chi connectivity index (χ2v) is 9.51. The molecule has 2 aliphatic heterocycles. The number of carbonyl (C=O) groups is 1. The van der Waals surface area contributed by atoms with E-state index in [1.807, 2.05) is 12.1 Å². The molecule has 32 heavy (non-hydrogen) atoms. The summed E-state index contributed by atoms with van der Waals surface area (Å²) in [6.07, 6.45) is 2.84. The lowest BCUT2D eigenvalue weighted by Crippen LogP contribution is -2.41. The highest BCUT2D eigenvalue weighted by atomic mass is 32.2. The molecule has 6 heteroatoms. The molecule has 0 saturated carbocycles. The first-order valence-corrected chi connectivity index (χ1v) is 12.5. The summed E-state index contributed by atoms with van der Waals surface area (Å²) in [6.45, 7) is 9.50. The molecule has 1 fully saturated rings. The zero-order chi connectivity index (χ0) is 22.6. The van der Waals surface area contributed by atoms with Gasteiger partial charge in [-0.05, 0) is 37.6 Å². The van der Waals surface area contributed by atoms with E-state index in [-0.39, 0.29) is 11.6 Å². The Labute approximate surface area is 195 Å². The number of carbonyl (C=O) groups excluding carboxylic acids is 1. The third-order valence-electron chi connectivity index (χ3n) is 6.25. The van der Waals surface area contributed by atoms with Crippen LogP contribution in [0.3, 0.4) is 0 Å². The van der Waals surface area contributed by atoms with Crippen LogP contribution in [0.15, 0.2) is 58.5 Å². The molecule has 2 aromatic carbocycles. The van der Waals surface area contributed by atoms with Gasteiger partial charge in [-0.3, -0.25) is 9.79 Å². The summed E-state index contributed by atoms with van der Waals surface area (Å²) < 4.78 is 0. The minimum absolute atomic E-state index is 0.0213. The van der Waals surface area contributed by atoms with Gasteiger partial charge in [0.15, 0.2) is 5.66 Å². The van der Waals surface area contributed by atoms with Gasteiger partial charge in [-0.15, -0.1) is 0 Å². The van der Waals surface area contributed by atoms with Gasteiger partial charge in [0.25, 0.3) is 0 Å². The Bertz CT molecular complexity index is 1000. The van der Waals surface area contributed by atoms with Crippen molar-refractivity contribution in [1.29, 1.82) is 0 Å². The molecule has 0 atom stereocenters. The van der Waals surface area contributed by atoms with Crippen molar-refractivity contribution < 1.29 is 4.79 Å². The van der Waals surface area contributed by atoms with Gasteiger partial charge in [-0.25, -0.2) is 4.99 Å². The smallest absolute Gasteiger partial charge is 0.234 e. The molecule has 0 aromatic heterocycles. The van der Waals surface area contributed by atoms with Gasteiger partial charge < -0.3 is 10.2 Å². The molecule has 5 nitrogen and oxygen atoms in total. The van der Waals surface area contributed by atoms with Gasteiger partial charge in [0.1, 0.15) is 5.04 Å². The summed E-state index contributed by atoms with van der Waals surface area (Å²) in [6, 6.07) is 16.5. The first-order valence-electron chi connectivity index (χ1n) is 11.5. The lowest BCUT2D eigenvalue weighted by molar-refractivity contribution is -0.113. The number of rotatable bonds is 6. The third-order valence-corrected chi connectivity index (χ3v) is 7.21. The monoisotopic (exact) mass is 448 g/mol. The lowest BCUT2D eigenvalue weighted by Gasteiger charge is -2.34. The first-order chi connectivity index (χ1) is 15.5. The number of piperidine rings is 1. The average molecular weight is 449 g/mol. The number of amides is 1.